The number of amides is 2. The Kier molecular flexibility index (Phi) is 5.14. The minimum absolute atomic E-state index is 0.0750. The summed E-state index contributed by atoms with van der Waals surface area (Å²) in [5.41, 5.74) is 1.34. The summed E-state index contributed by atoms with van der Waals surface area (Å²) in [5.74, 6) is -2.10. The van der Waals surface area contributed by atoms with Gasteiger partial charge in [0.1, 0.15) is 17.8 Å². The van der Waals surface area contributed by atoms with E-state index in [9.17, 15) is 14.0 Å². The van der Waals surface area contributed by atoms with Crippen LogP contribution in [-0.4, -0.2) is 23.3 Å². The van der Waals surface area contributed by atoms with Crippen molar-refractivity contribution in [2.75, 3.05) is 11.4 Å². The molecule has 1 saturated heterocycles. The number of nitriles is 1. The summed E-state index contributed by atoms with van der Waals surface area (Å²) < 4.78 is 13.3. The van der Waals surface area contributed by atoms with Crippen LogP contribution < -0.4 is 10.2 Å². The number of pyridine rings is 1. The normalized spacial score (nSPS) is 16.4. The van der Waals surface area contributed by atoms with Gasteiger partial charge in [0.15, 0.2) is 0 Å². The third-order valence-electron chi connectivity index (χ3n) is 4.08. The Labute approximate surface area is 154 Å². The van der Waals surface area contributed by atoms with Gasteiger partial charge in [0.25, 0.3) is 0 Å². The van der Waals surface area contributed by atoms with Crippen molar-refractivity contribution in [3.8, 4) is 6.07 Å². The molecule has 2 aromatic rings. The fraction of sp³-hybridized carbons (Fsp3) is 0.222. The molecular formula is C18H14ClFN4O2. The maximum atomic E-state index is 13.3. The lowest BCUT2D eigenvalue weighted by molar-refractivity contribution is -0.132. The molecule has 2 heterocycles. The molecule has 0 saturated carbocycles. The van der Waals surface area contributed by atoms with Gasteiger partial charge in [-0.1, -0.05) is 11.6 Å². The Hall–Kier alpha value is -2.98. The van der Waals surface area contributed by atoms with Crippen LogP contribution in [-0.2, 0) is 16.1 Å². The molecule has 0 spiro atoms. The maximum Gasteiger partial charge on any atom is 0.239 e. The van der Waals surface area contributed by atoms with Crippen LogP contribution in [0, 0.1) is 23.1 Å². The first-order valence-corrected chi connectivity index (χ1v) is 8.25. The molecule has 3 rings (SSSR count). The molecule has 1 aliphatic heterocycles. The van der Waals surface area contributed by atoms with Gasteiger partial charge >= 0.3 is 0 Å². The van der Waals surface area contributed by atoms with Crippen molar-refractivity contribution in [1.82, 2.24) is 10.3 Å². The molecule has 1 atom stereocenters. The standard InChI is InChI=1S/C18H14ClFN4O2/c19-13-3-11(4-14(20)6-13)9-23-17(25)16-1-2-24(18(16)26)15-5-12(7-21)8-22-10-15/h3-6,8,10,16H,1-2,9H2,(H,23,25). The van der Waals surface area contributed by atoms with Crippen molar-refractivity contribution in [2.45, 2.75) is 13.0 Å². The Morgan fingerprint density at radius 3 is 2.92 bits per heavy atom. The van der Waals surface area contributed by atoms with Crippen molar-refractivity contribution in [3.63, 3.8) is 0 Å². The molecule has 6 nitrogen and oxygen atoms in total. The Balaban J connectivity index is 1.65. The topological polar surface area (TPSA) is 86.1 Å². The smallest absolute Gasteiger partial charge is 0.239 e. The largest absolute Gasteiger partial charge is 0.351 e. The van der Waals surface area contributed by atoms with E-state index in [1.165, 1.54) is 29.4 Å². The summed E-state index contributed by atoms with van der Waals surface area (Å²) in [4.78, 5) is 30.3. The van der Waals surface area contributed by atoms with Crippen LogP contribution in [0.1, 0.15) is 17.5 Å². The van der Waals surface area contributed by atoms with Gasteiger partial charge in [-0.3, -0.25) is 14.6 Å². The molecule has 26 heavy (non-hydrogen) atoms. The number of benzene rings is 1. The number of anilines is 1. The molecule has 1 aliphatic rings. The lowest BCUT2D eigenvalue weighted by atomic mass is 10.1. The molecule has 8 heteroatoms. The maximum absolute atomic E-state index is 13.3. The predicted molar refractivity (Wildman–Crippen MR) is 92.7 cm³/mol. The molecule has 2 amide bonds. The lowest BCUT2D eigenvalue weighted by Crippen LogP contribution is -2.36. The van der Waals surface area contributed by atoms with Gasteiger partial charge in [0.2, 0.25) is 11.8 Å². The second kappa shape index (κ2) is 7.50. The molecule has 1 aromatic heterocycles. The van der Waals surface area contributed by atoms with E-state index in [-0.39, 0.29) is 17.5 Å². The summed E-state index contributed by atoms with van der Waals surface area (Å²) in [6.45, 7) is 0.435. The van der Waals surface area contributed by atoms with Gasteiger partial charge in [-0.2, -0.15) is 5.26 Å². The molecule has 0 radical (unpaired) electrons. The van der Waals surface area contributed by atoms with Crippen molar-refractivity contribution < 1.29 is 14.0 Å². The first kappa shape index (κ1) is 17.8. The number of nitrogens with zero attached hydrogens (tertiary/aromatic N) is 3. The van der Waals surface area contributed by atoms with Gasteiger partial charge in [0.05, 0.1) is 17.4 Å². The number of aromatic nitrogens is 1. The number of halogens is 2. The molecular weight excluding hydrogens is 359 g/mol. The lowest BCUT2D eigenvalue weighted by Gasteiger charge is -2.16. The van der Waals surface area contributed by atoms with E-state index in [0.717, 1.165) is 0 Å². The fourth-order valence-electron chi connectivity index (χ4n) is 2.84. The van der Waals surface area contributed by atoms with Crippen LogP contribution in [0.25, 0.3) is 0 Å². The van der Waals surface area contributed by atoms with Crippen LogP contribution >= 0.6 is 11.6 Å². The predicted octanol–water partition coefficient (Wildman–Crippen LogP) is 2.42. The number of rotatable bonds is 4. The van der Waals surface area contributed by atoms with E-state index < -0.39 is 17.6 Å². The van der Waals surface area contributed by atoms with Gasteiger partial charge < -0.3 is 10.2 Å². The first-order chi connectivity index (χ1) is 12.5. The van der Waals surface area contributed by atoms with Crippen molar-refractivity contribution in [3.05, 3.63) is 58.6 Å². The number of hydrogen-bond donors (Lipinski definition) is 1. The van der Waals surface area contributed by atoms with E-state index >= 15 is 0 Å². The summed E-state index contributed by atoms with van der Waals surface area (Å²) in [6.07, 6.45) is 3.23. The second-order valence-corrected chi connectivity index (χ2v) is 6.31. The molecule has 132 valence electrons. The number of carbonyl (C=O) groups is 2. The van der Waals surface area contributed by atoms with Crippen LogP contribution in [0.2, 0.25) is 5.02 Å². The van der Waals surface area contributed by atoms with E-state index in [2.05, 4.69) is 10.3 Å². The SMILES string of the molecule is N#Cc1cncc(N2CCC(C(=O)NCc3cc(F)cc(Cl)c3)C2=O)c1. The van der Waals surface area contributed by atoms with Crippen LogP contribution in [0.5, 0.6) is 0 Å². The molecule has 0 aliphatic carbocycles. The minimum Gasteiger partial charge on any atom is -0.351 e. The zero-order valence-corrected chi connectivity index (χ0v) is 14.3. The number of carbonyl (C=O) groups excluding carboxylic acids is 2. The highest BCUT2D eigenvalue weighted by molar-refractivity contribution is 6.30. The third-order valence-corrected chi connectivity index (χ3v) is 4.29. The van der Waals surface area contributed by atoms with Crippen molar-refractivity contribution in [1.29, 1.82) is 5.26 Å². The van der Waals surface area contributed by atoms with Gasteiger partial charge in [-0.15, -0.1) is 0 Å². The molecule has 1 N–H and O–H groups in total. The van der Waals surface area contributed by atoms with Crippen molar-refractivity contribution in [2.24, 2.45) is 5.92 Å². The van der Waals surface area contributed by atoms with E-state index in [1.54, 1.807) is 12.1 Å². The Morgan fingerprint density at radius 1 is 1.38 bits per heavy atom. The van der Waals surface area contributed by atoms with E-state index in [1.807, 2.05) is 6.07 Å². The molecule has 1 fully saturated rings. The number of nitrogens with one attached hydrogen (secondary N) is 1. The molecule has 1 aromatic carbocycles. The minimum atomic E-state index is -0.829. The highest BCUT2D eigenvalue weighted by Gasteiger charge is 2.37. The third kappa shape index (κ3) is 3.81. The average Bonchev–Trinajstić information content (AvgIpc) is 3.00. The first-order valence-electron chi connectivity index (χ1n) is 7.87. The second-order valence-electron chi connectivity index (χ2n) is 5.87. The van der Waals surface area contributed by atoms with E-state index in [0.29, 0.717) is 29.8 Å². The average molecular weight is 373 g/mol. The van der Waals surface area contributed by atoms with E-state index in [4.69, 9.17) is 16.9 Å². The Morgan fingerprint density at radius 2 is 2.19 bits per heavy atom. The summed E-state index contributed by atoms with van der Waals surface area (Å²) >= 11 is 5.79. The summed E-state index contributed by atoms with van der Waals surface area (Å²) in [6, 6.07) is 7.52. The van der Waals surface area contributed by atoms with Gasteiger partial charge in [0, 0.05) is 24.3 Å². The molecule has 0 bridgehead atoms. The van der Waals surface area contributed by atoms with Crippen LogP contribution in [0.3, 0.4) is 0 Å². The van der Waals surface area contributed by atoms with Crippen LogP contribution in [0.4, 0.5) is 10.1 Å². The zero-order chi connectivity index (χ0) is 18.7. The molecule has 1 unspecified atom stereocenters. The van der Waals surface area contributed by atoms with Gasteiger partial charge in [-0.25, -0.2) is 4.39 Å². The van der Waals surface area contributed by atoms with Crippen LogP contribution in [0.15, 0.2) is 36.7 Å². The zero-order valence-electron chi connectivity index (χ0n) is 13.6. The monoisotopic (exact) mass is 372 g/mol. The Bertz CT molecular complexity index is 892. The number of hydrogen-bond acceptors (Lipinski definition) is 4. The highest BCUT2D eigenvalue weighted by Crippen LogP contribution is 2.25. The highest BCUT2D eigenvalue weighted by atomic mass is 35.5. The van der Waals surface area contributed by atoms with Crippen molar-refractivity contribution >= 4 is 29.1 Å². The quantitative estimate of drug-likeness (QED) is 0.835. The fourth-order valence-corrected chi connectivity index (χ4v) is 3.09. The summed E-state index contributed by atoms with van der Waals surface area (Å²) in [7, 11) is 0. The van der Waals surface area contributed by atoms with Gasteiger partial charge in [-0.05, 0) is 36.2 Å². The summed E-state index contributed by atoms with van der Waals surface area (Å²) in [5, 5.41) is 11.8.